The second-order valence-corrected chi connectivity index (χ2v) is 6.56. The molecule has 2 atom stereocenters. The molecule has 2 N–H and O–H groups in total. The molecule has 0 aliphatic carbocycles. The summed E-state index contributed by atoms with van der Waals surface area (Å²) >= 11 is 0. The molecule has 1 aliphatic heterocycles. The maximum Gasteiger partial charge on any atom is 0.315 e. The third-order valence-electron chi connectivity index (χ3n) is 4.79. The van der Waals surface area contributed by atoms with Gasteiger partial charge in [-0.3, -0.25) is 0 Å². The lowest BCUT2D eigenvalue weighted by Crippen LogP contribution is -2.39. The normalized spacial score (nSPS) is 19.5. The summed E-state index contributed by atoms with van der Waals surface area (Å²) in [5.41, 5.74) is 3.28. The van der Waals surface area contributed by atoms with Gasteiger partial charge in [0.15, 0.2) is 0 Å². The zero-order valence-electron chi connectivity index (χ0n) is 14.5. The van der Waals surface area contributed by atoms with E-state index in [0.717, 1.165) is 17.5 Å². The average Bonchev–Trinajstić information content (AvgIpc) is 3.33. The van der Waals surface area contributed by atoms with Crippen LogP contribution in [0.3, 0.4) is 0 Å². The topological polar surface area (TPSA) is 67.7 Å². The number of hydrogen-bond donors (Lipinski definition) is 2. The van der Waals surface area contributed by atoms with Crippen molar-refractivity contribution in [3.05, 3.63) is 72.1 Å². The van der Waals surface area contributed by atoms with E-state index in [2.05, 4.69) is 40.0 Å². The predicted molar refractivity (Wildman–Crippen MR) is 99.0 cm³/mol. The Morgan fingerprint density at radius 2 is 2.00 bits per heavy atom. The van der Waals surface area contributed by atoms with Crippen molar-refractivity contribution < 1.29 is 9.53 Å². The van der Waals surface area contributed by atoms with E-state index in [-0.39, 0.29) is 12.1 Å². The van der Waals surface area contributed by atoms with Crippen LogP contribution in [0.15, 0.2) is 60.9 Å². The number of carbonyl (C=O) groups is 1. The van der Waals surface area contributed by atoms with Gasteiger partial charge >= 0.3 is 6.03 Å². The number of nitrogens with zero attached hydrogens (tertiary/aromatic N) is 2. The number of fused-ring (bicyclic) bond motifs is 1. The second kappa shape index (κ2) is 7.58. The highest BCUT2D eigenvalue weighted by molar-refractivity contribution is 5.74. The Bertz CT molecular complexity index is 878. The highest BCUT2D eigenvalue weighted by Crippen LogP contribution is 2.28. The summed E-state index contributed by atoms with van der Waals surface area (Å²) in [5.74, 6) is 0.407. The summed E-state index contributed by atoms with van der Waals surface area (Å²) in [6.45, 7) is 1.67. The number of urea groups is 1. The van der Waals surface area contributed by atoms with Gasteiger partial charge in [0.2, 0.25) is 0 Å². The third-order valence-corrected chi connectivity index (χ3v) is 4.79. The van der Waals surface area contributed by atoms with Crippen molar-refractivity contribution in [3.63, 3.8) is 0 Å². The zero-order valence-corrected chi connectivity index (χ0v) is 14.5. The summed E-state index contributed by atoms with van der Waals surface area (Å²) in [6.07, 6.45) is 4.65. The largest absolute Gasteiger partial charge is 0.376 e. The first-order valence-electron chi connectivity index (χ1n) is 8.89. The van der Waals surface area contributed by atoms with Gasteiger partial charge in [-0.1, -0.05) is 36.4 Å². The summed E-state index contributed by atoms with van der Waals surface area (Å²) in [5, 5.41) is 10.1. The number of rotatable bonds is 5. The van der Waals surface area contributed by atoms with Crippen LogP contribution in [-0.4, -0.2) is 34.9 Å². The van der Waals surface area contributed by atoms with Crippen LogP contribution in [0.1, 0.15) is 23.5 Å². The van der Waals surface area contributed by atoms with Crippen LogP contribution >= 0.6 is 0 Å². The minimum Gasteiger partial charge on any atom is -0.376 e. The fraction of sp³-hybridized carbons (Fsp3) is 0.300. The number of ether oxygens (including phenoxy) is 1. The molecule has 6 heteroatoms. The fourth-order valence-corrected chi connectivity index (χ4v) is 3.37. The Kier molecular flexibility index (Phi) is 4.84. The molecule has 0 unspecified atom stereocenters. The van der Waals surface area contributed by atoms with Crippen molar-refractivity contribution in [3.8, 4) is 0 Å². The molecule has 3 aromatic rings. The van der Waals surface area contributed by atoms with Crippen molar-refractivity contribution in [2.45, 2.75) is 25.0 Å². The molecule has 1 aromatic carbocycles. The van der Waals surface area contributed by atoms with Crippen molar-refractivity contribution in [2.75, 3.05) is 13.2 Å². The maximum atomic E-state index is 12.1. The molecule has 0 saturated carbocycles. The van der Waals surface area contributed by atoms with E-state index in [9.17, 15) is 4.79 Å². The van der Waals surface area contributed by atoms with Crippen molar-refractivity contribution in [2.24, 2.45) is 0 Å². The highest BCUT2D eigenvalue weighted by Gasteiger charge is 2.26. The van der Waals surface area contributed by atoms with Crippen LogP contribution < -0.4 is 10.6 Å². The van der Waals surface area contributed by atoms with Crippen molar-refractivity contribution in [1.82, 2.24) is 20.2 Å². The Balaban J connectivity index is 1.23. The predicted octanol–water partition coefficient (Wildman–Crippen LogP) is 2.71. The smallest absolute Gasteiger partial charge is 0.315 e. The molecule has 2 amide bonds. The van der Waals surface area contributed by atoms with E-state index >= 15 is 0 Å². The molecule has 3 heterocycles. The molecule has 1 fully saturated rings. The van der Waals surface area contributed by atoms with Crippen LogP contribution in [0, 0.1) is 0 Å². The van der Waals surface area contributed by atoms with Gasteiger partial charge in [-0.15, -0.1) is 0 Å². The number of benzene rings is 1. The lowest BCUT2D eigenvalue weighted by Gasteiger charge is -2.12. The molecular weight excluding hydrogens is 328 g/mol. The van der Waals surface area contributed by atoms with E-state index in [1.165, 1.54) is 5.56 Å². The molecular formula is C20H22N4O2. The van der Waals surface area contributed by atoms with Crippen molar-refractivity contribution in [1.29, 1.82) is 0 Å². The van der Waals surface area contributed by atoms with Gasteiger partial charge < -0.3 is 15.4 Å². The molecule has 134 valence electrons. The van der Waals surface area contributed by atoms with Gasteiger partial charge in [0.25, 0.3) is 0 Å². The molecule has 4 rings (SSSR count). The van der Waals surface area contributed by atoms with E-state index in [0.29, 0.717) is 25.6 Å². The Morgan fingerprint density at radius 1 is 1.15 bits per heavy atom. The first-order chi connectivity index (χ1) is 12.8. The Morgan fingerprint density at radius 3 is 2.88 bits per heavy atom. The highest BCUT2D eigenvalue weighted by atomic mass is 16.5. The van der Waals surface area contributed by atoms with Gasteiger partial charge in [0.1, 0.15) is 0 Å². The number of pyridine rings is 1. The minimum atomic E-state index is -0.188. The zero-order chi connectivity index (χ0) is 17.8. The monoisotopic (exact) mass is 350 g/mol. The van der Waals surface area contributed by atoms with Gasteiger partial charge in [-0.2, -0.15) is 5.10 Å². The first-order valence-corrected chi connectivity index (χ1v) is 8.89. The van der Waals surface area contributed by atoms with Crippen LogP contribution in [-0.2, 0) is 11.3 Å². The molecule has 1 saturated heterocycles. The summed E-state index contributed by atoms with van der Waals surface area (Å²) in [6, 6.07) is 16.1. The third kappa shape index (κ3) is 3.70. The molecule has 26 heavy (non-hydrogen) atoms. The number of nitrogens with one attached hydrogen (secondary N) is 2. The second-order valence-electron chi connectivity index (χ2n) is 6.56. The standard InChI is InChI=1S/C20H22N4O2/c25-20(21-11-17-12-23-24-9-5-4-8-19(17)24)22-13-18-10-16(14-26-18)15-6-2-1-3-7-15/h1-9,12,16,18H,10-11,13-14H2,(H2,21,22,25)/t16-,18-/m0/s1. The molecule has 0 spiro atoms. The van der Waals surface area contributed by atoms with E-state index in [1.807, 2.05) is 30.5 Å². The molecule has 0 bridgehead atoms. The van der Waals surface area contributed by atoms with Gasteiger partial charge in [0.05, 0.1) is 24.4 Å². The number of carbonyl (C=O) groups excluding carboxylic acids is 1. The van der Waals surface area contributed by atoms with E-state index < -0.39 is 0 Å². The Labute approximate surface area is 152 Å². The Hall–Kier alpha value is -2.86. The number of aromatic nitrogens is 2. The lowest BCUT2D eigenvalue weighted by atomic mass is 9.96. The number of hydrogen-bond acceptors (Lipinski definition) is 3. The van der Waals surface area contributed by atoms with Gasteiger partial charge in [-0.25, -0.2) is 9.31 Å². The van der Waals surface area contributed by atoms with Crippen molar-refractivity contribution >= 4 is 11.5 Å². The van der Waals surface area contributed by atoms with Crippen LogP contribution in [0.2, 0.25) is 0 Å². The summed E-state index contributed by atoms with van der Waals surface area (Å²) < 4.78 is 7.62. The van der Waals surface area contributed by atoms with Gasteiger partial charge in [-0.05, 0) is 24.1 Å². The van der Waals surface area contributed by atoms with Crippen LogP contribution in [0.5, 0.6) is 0 Å². The summed E-state index contributed by atoms with van der Waals surface area (Å²) in [7, 11) is 0. The van der Waals surface area contributed by atoms with Crippen LogP contribution in [0.25, 0.3) is 5.52 Å². The summed E-state index contributed by atoms with van der Waals surface area (Å²) in [4.78, 5) is 12.1. The molecule has 0 radical (unpaired) electrons. The van der Waals surface area contributed by atoms with Gasteiger partial charge in [0, 0.05) is 30.8 Å². The average molecular weight is 350 g/mol. The fourth-order valence-electron chi connectivity index (χ4n) is 3.37. The minimum absolute atomic E-state index is 0.0583. The molecule has 2 aromatic heterocycles. The SMILES string of the molecule is O=C(NCc1cnn2ccccc12)NC[C@@H]1C[C@H](c2ccccc2)CO1. The molecule has 6 nitrogen and oxygen atoms in total. The first kappa shape index (κ1) is 16.6. The quantitative estimate of drug-likeness (QED) is 0.743. The molecule has 1 aliphatic rings. The van der Waals surface area contributed by atoms with Crippen LogP contribution in [0.4, 0.5) is 4.79 Å². The van der Waals surface area contributed by atoms with E-state index in [1.54, 1.807) is 10.7 Å². The lowest BCUT2D eigenvalue weighted by molar-refractivity contribution is 0.110. The maximum absolute atomic E-state index is 12.1. The number of amides is 2. The van der Waals surface area contributed by atoms with E-state index in [4.69, 9.17) is 4.74 Å².